The first-order valence-corrected chi connectivity index (χ1v) is 7.49. The Bertz CT molecular complexity index is 605. The molecular formula is C16H20FN3O. The van der Waals surface area contributed by atoms with Crippen LogP contribution in [0.5, 0.6) is 0 Å². The second-order valence-electron chi connectivity index (χ2n) is 5.76. The zero-order valence-corrected chi connectivity index (χ0v) is 12.2. The van der Waals surface area contributed by atoms with Crippen molar-refractivity contribution in [1.82, 2.24) is 15.5 Å². The van der Waals surface area contributed by atoms with Gasteiger partial charge in [-0.2, -0.15) is 4.98 Å². The van der Waals surface area contributed by atoms with E-state index in [1.807, 2.05) is 7.05 Å². The molecule has 0 aliphatic heterocycles. The third-order valence-electron chi connectivity index (χ3n) is 4.41. The molecule has 1 aromatic carbocycles. The fraction of sp³-hybridized carbons (Fsp3) is 0.500. The first kappa shape index (κ1) is 14.2. The standard InChI is InChI=1S/C16H20FN3O/c1-18-16(9-5-2-6-10-16)11-14-19-15(20-21-14)12-7-3-4-8-13(12)17/h3-4,7-8,18H,2,5-6,9-11H2,1H3. The molecule has 1 fully saturated rings. The van der Waals surface area contributed by atoms with E-state index in [0.29, 0.717) is 23.7 Å². The lowest BCUT2D eigenvalue weighted by atomic mass is 9.79. The van der Waals surface area contributed by atoms with Gasteiger partial charge in [-0.3, -0.25) is 0 Å². The van der Waals surface area contributed by atoms with E-state index in [4.69, 9.17) is 4.52 Å². The van der Waals surface area contributed by atoms with Crippen LogP contribution < -0.4 is 5.32 Å². The number of halogens is 1. The second kappa shape index (κ2) is 5.93. The van der Waals surface area contributed by atoms with Gasteiger partial charge in [0.2, 0.25) is 11.7 Å². The number of aromatic nitrogens is 2. The molecule has 0 atom stereocenters. The molecule has 1 aromatic heterocycles. The number of nitrogens with one attached hydrogen (secondary N) is 1. The van der Waals surface area contributed by atoms with Crippen molar-refractivity contribution in [3.05, 3.63) is 36.0 Å². The molecule has 0 spiro atoms. The topological polar surface area (TPSA) is 51.0 Å². The molecule has 1 aliphatic carbocycles. The Balaban J connectivity index is 1.80. The van der Waals surface area contributed by atoms with Crippen molar-refractivity contribution in [3.8, 4) is 11.4 Å². The molecule has 4 nitrogen and oxygen atoms in total. The number of likely N-dealkylation sites (N-methyl/N-ethyl adjacent to an activating group) is 1. The largest absolute Gasteiger partial charge is 0.339 e. The van der Waals surface area contributed by atoms with Crippen molar-refractivity contribution in [2.45, 2.75) is 44.1 Å². The second-order valence-corrected chi connectivity index (χ2v) is 5.76. The Kier molecular flexibility index (Phi) is 4.01. The minimum atomic E-state index is -0.328. The number of hydrogen-bond donors (Lipinski definition) is 1. The Morgan fingerprint density at radius 1 is 1.24 bits per heavy atom. The minimum absolute atomic E-state index is 0.0390. The van der Waals surface area contributed by atoms with E-state index in [1.165, 1.54) is 25.3 Å². The zero-order chi connectivity index (χ0) is 14.7. The summed E-state index contributed by atoms with van der Waals surface area (Å²) in [5, 5.41) is 7.35. The SMILES string of the molecule is CNC1(Cc2nc(-c3ccccc3F)no2)CCCCC1. The maximum absolute atomic E-state index is 13.8. The summed E-state index contributed by atoms with van der Waals surface area (Å²) < 4.78 is 19.1. The van der Waals surface area contributed by atoms with E-state index in [9.17, 15) is 4.39 Å². The molecule has 1 N–H and O–H groups in total. The number of nitrogens with zero attached hydrogens (tertiary/aromatic N) is 2. The molecule has 0 bridgehead atoms. The van der Waals surface area contributed by atoms with Crippen LogP contribution in [0.2, 0.25) is 0 Å². The predicted molar refractivity (Wildman–Crippen MR) is 78.3 cm³/mol. The van der Waals surface area contributed by atoms with Gasteiger partial charge in [0.05, 0.1) is 5.56 Å². The summed E-state index contributed by atoms with van der Waals surface area (Å²) in [7, 11) is 1.99. The van der Waals surface area contributed by atoms with Gasteiger partial charge in [-0.1, -0.05) is 36.6 Å². The molecule has 2 aromatic rings. The monoisotopic (exact) mass is 289 g/mol. The summed E-state index contributed by atoms with van der Waals surface area (Å²) in [6.45, 7) is 0. The van der Waals surface area contributed by atoms with E-state index in [-0.39, 0.29) is 11.4 Å². The van der Waals surface area contributed by atoms with E-state index in [2.05, 4.69) is 15.5 Å². The van der Waals surface area contributed by atoms with Gasteiger partial charge in [-0.05, 0) is 32.0 Å². The van der Waals surface area contributed by atoms with Crippen LogP contribution in [0.15, 0.2) is 28.8 Å². The van der Waals surface area contributed by atoms with Crippen molar-refractivity contribution in [2.24, 2.45) is 0 Å². The van der Waals surface area contributed by atoms with E-state index < -0.39 is 0 Å². The van der Waals surface area contributed by atoms with E-state index >= 15 is 0 Å². The van der Waals surface area contributed by atoms with Crippen LogP contribution in [-0.4, -0.2) is 22.7 Å². The highest BCUT2D eigenvalue weighted by atomic mass is 19.1. The summed E-state index contributed by atoms with van der Waals surface area (Å²) >= 11 is 0. The van der Waals surface area contributed by atoms with E-state index in [0.717, 1.165) is 12.8 Å². The average molecular weight is 289 g/mol. The van der Waals surface area contributed by atoms with Gasteiger partial charge in [0.25, 0.3) is 0 Å². The number of hydrogen-bond acceptors (Lipinski definition) is 4. The van der Waals surface area contributed by atoms with Crippen LogP contribution in [0.25, 0.3) is 11.4 Å². The van der Waals surface area contributed by atoms with Gasteiger partial charge in [0.15, 0.2) is 0 Å². The summed E-state index contributed by atoms with van der Waals surface area (Å²) in [4.78, 5) is 4.37. The van der Waals surface area contributed by atoms with Crippen LogP contribution in [-0.2, 0) is 6.42 Å². The van der Waals surface area contributed by atoms with Gasteiger partial charge < -0.3 is 9.84 Å². The maximum Gasteiger partial charge on any atom is 0.228 e. The van der Waals surface area contributed by atoms with Crippen LogP contribution in [0.3, 0.4) is 0 Å². The minimum Gasteiger partial charge on any atom is -0.339 e. The van der Waals surface area contributed by atoms with Crippen LogP contribution in [0, 0.1) is 5.82 Å². The lowest BCUT2D eigenvalue weighted by Crippen LogP contribution is -2.46. The van der Waals surface area contributed by atoms with Crippen molar-refractivity contribution in [1.29, 1.82) is 0 Å². The van der Waals surface area contributed by atoms with Crippen molar-refractivity contribution in [2.75, 3.05) is 7.05 Å². The fourth-order valence-electron chi connectivity index (χ4n) is 3.11. The Labute approximate surface area is 123 Å². The van der Waals surface area contributed by atoms with Crippen LogP contribution in [0.1, 0.15) is 38.0 Å². The van der Waals surface area contributed by atoms with Crippen molar-refractivity contribution >= 4 is 0 Å². The van der Waals surface area contributed by atoms with Gasteiger partial charge in [0, 0.05) is 12.0 Å². The van der Waals surface area contributed by atoms with Crippen molar-refractivity contribution in [3.63, 3.8) is 0 Å². The summed E-state index contributed by atoms with van der Waals surface area (Å²) in [5.41, 5.74) is 0.423. The molecular weight excluding hydrogens is 269 g/mol. The molecule has 112 valence electrons. The van der Waals surface area contributed by atoms with Gasteiger partial charge in [0.1, 0.15) is 5.82 Å². The summed E-state index contributed by atoms with van der Waals surface area (Å²) in [5.74, 6) is 0.570. The Hall–Kier alpha value is -1.75. The molecule has 5 heteroatoms. The summed E-state index contributed by atoms with van der Waals surface area (Å²) in [6, 6.07) is 6.49. The average Bonchev–Trinajstić information content (AvgIpc) is 2.97. The molecule has 0 radical (unpaired) electrons. The van der Waals surface area contributed by atoms with Gasteiger partial charge >= 0.3 is 0 Å². The molecule has 1 heterocycles. The highest BCUT2D eigenvalue weighted by molar-refractivity contribution is 5.54. The normalized spacial score (nSPS) is 17.8. The van der Waals surface area contributed by atoms with Crippen LogP contribution >= 0.6 is 0 Å². The Morgan fingerprint density at radius 2 is 2.00 bits per heavy atom. The Morgan fingerprint density at radius 3 is 2.71 bits per heavy atom. The molecule has 1 saturated carbocycles. The predicted octanol–water partition coefficient (Wildman–Crippen LogP) is 3.34. The van der Waals surface area contributed by atoms with Gasteiger partial charge in [-0.15, -0.1) is 0 Å². The first-order valence-electron chi connectivity index (χ1n) is 7.49. The molecule has 1 aliphatic rings. The quantitative estimate of drug-likeness (QED) is 0.938. The first-order chi connectivity index (χ1) is 10.2. The zero-order valence-electron chi connectivity index (χ0n) is 12.2. The molecule has 0 unspecified atom stereocenters. The summed E-state index contributed by atoms with van der Waals surface area (Å²) in [6.07, 6.45) is 6.64. The van der Waals surface area contributed by atoms with E-state index in [1.54, 1.807) is 18.2 Å². The fourth-order valence-corrected chi connectivity index (χ4v) is 3.11. The van der Waals surface area contributed by atoms with Gasteiger partial charge in [-0.25, -0.2) is 4.39 Å². The molecule has 0 saturated heterocycles. The highest BCUT2D eigenvalue weighted by Gasteiger charge is 2.32. The number of rotatable bonds is 4. The lowest BCUT2D eigenvalue weighted by Gasteiger charge is -2.36. The van der Waals surface area contributed by atoms with Crippen LogP contribution in [0.4, 0.5) is 4.39 Å². The maximum atomic E-state index is 13.8. The lowest BCUT2D eigenvalue weighted by molar-refractivity contribution is 0.221. The highest BCUT2D eigenvalue weighted by Crippen LogP contribution is 2.31. The third-order valence-corrected chi connectivity index (χ3v) is 4.41. The van der Waals surface area contributed by atoms with Crippen molar-refractivity contribution < 1.29 is 8.91 Å². The number of benzene rings is 1. The molecule has 21 heavy (non-hydrogen) atoms. The third kappa shape index (κ3) is 2.97. The molecule has 3 rings (SSSR count). The smallest absolute Gasteiger partial charge is 0.228 e. The molecule has 0 amide bonds.